The average molecular weight is 298 g/mol. The quantitative estimate of drug-likeness (QED) is 0.348. The highest BCUT2D eigenvalue weighted by molar-refractivity contribution is 5.75. The van der Waals surface area contributed by atoms with Crippen LogP contribution in [0, 0.1) is 0 Å². The molecule has 0 aliphatic carbocycles. The topological polar surface area (TPSA) is 29.1 Å². The Balaban J connectivity index is 2.98. The third-order valence-electron chi connectivity index (χ3n) is 4.29. The number of nitrogens with one attached hydrogen (secondary N) is 1. The summed E-state index contributed by atoms with van der Waals surface area (Å²) < 4.78 is 0. The van der Waals surface area contributed by atoms with E-state index in [-0.39, 0.29) is 5.91 Å². The predicted octanol–water partition coefficient (Wildman–Crippen LogP) is 5.99. The maximum absolute atomic E-state index is 11.0. The van der Waals surface area contributed by atoms with Gasteiger partial charge < -0.3 is 5.32 Å². The van der Waals surface area contributed by atoms with Crippen molar-refractivity contribution < 1.29 is 4.79 Å². The van der Waals surface area contributed by atoms with Gasteiger partial charge in [-0.05, 0) is 6.42 Å². The molecule has 0 unspecified atom stereocenters. The van der Waals surface area contributed by atoms with Crippen molar-refractivity contribution in [2.45, 2.75) is 110 Å². The molecule has 2 nitrogen and oxygen atoms in total. The minimum atomic E-state index is 0.185. The highest BCUT2D eigenvalue weighted by atomic mass is 16.1. The molecule has 0 heterocycles. The van der Waals surface area contributed by atoms with Crippen molar-refractivity contribution in [1.29, 1.82) is 0 Å². The Hall–Kier alpha value is -0.530. The first-order chi connectivity index (χ1) is 10.3. The van der Waals surface area contributed by atoms with Crippen molar-refractivity contribution in [3.05, 3.63) is 0 Å². The summed E-state index contributed by atoms with van der Waals surface area (Å²) in [5.74, 6) is 0.185. The number of hydrogen-bond donors (Lipinski definition) is 1. The summed E-state index contributed by atoms with van der Waals surface area (Å²) in [5.41, 5.74) is 0. The molecule has 0 aromatic heterocycles. The average Bonchev–Trinajstić information content (AvgIpc) is 2.50. The van der Waals surface area contributed by atoms with E-state index in [0.717, 1.165) is 6.42 Å². The normalized spacial score (nSPS) is 10.8. The van der Waals surface area contributed by atoms with E-state index in [9.17, 15) is 4.79 Å². The molecule has 0 aliphatic heterocycles. The second kappa shape index (κ2) is 17.5. The smallest absolute Gasteiger partial charge is 0.219 e. The molecule has 126 valence electrons. The summed E-state index contributed by atoms with van der Waals surface area (Å²) in [6, 6.07) is 0. The second-order valence-corrected chi connectivity index (χ2v) is 6.37. The molecule has 21 heavy (non-hydrogen) atoms. The highest BCUT2D eigenvalue weighted by Crippen LogP contribution is 2.13. The maximum atomic E-state index is 11.0. The fraction of sp³-hybridized carbons (Fsp3) is 0.947. The molecule has 0 fully saturated rings. The lowest BCUT2D eigenvalue weighted by Crippen LogP contribution is -2.16. The second-order valence-electron chi connectivity index (χ2n) is 6.37. The molecular weight excluding hydrogens is 258 g/mol. The first-order valence-electron chi connectivity index (χ1n) is 9.51. The largest absolute Gasteiger partial charge is 0.359 e. The van der Waals surface area contributed by atoms with E-state index in [4.69, 9.17) is 0 Å². The van der Waals surface area contributed by atoms with Crippen LogP contribution in [-0.4, -0.2) is 13.0 Å². The van der Waals surface area contributed by atoms with Crippen LogP contribution in [0.15, 0.2) is 0 Å². The molecular formula is C19H39NO. The first kappa shape index (κ1) is 20.5. The van der Waals surface area contributed by atoms with Crippen LogP contribution in [0.3, 0.4) is 0 Å². The van der Waals surface area contributed by atoms with Crippen LogP contribution in [-0.2, 0) is 4.79 Å². The lowest BCUT2D eigenvalue weighted by molar-refractivity contribution is -0.120. The van der Waals surface area contributed by atoms with Gasteiger partial charge in [-0.3, -0.25) is 4.79 Å². The van der Waals surface area contributed by atoms with Crippen molar-refractivity contribution in [2.24, 2.45) is 0 Å². The van der Waals surface area contributed by atoms with Crippen LogP contribution in [0.5, 0.6) is 0 Å². The van der Waals surface area contributed by atoms with Crippen molar-refractivity contribution in [3.8, 4) is 0 Å². The fourth-order valence-electron chi connectivity index (χ4n) is 2.78. The Labute approximate surface area is 133 Å². The highest BCUT2D eigenvalue weighted by Gasteiger charge is 1.97. The molecule has 0 bridgehead atoms. The molecule has 0 aromatic carbocycles. The van der Waals surface area contributed by atoms with Gasteiger partial charge in [0.15, 0.2) is 0 Å². The summed E-state index contributed by atoms with van der Waals surface area (Å²) in [7, 11) is 1.72. The number of amides is 1. The zero-order valence-corrected chi connectivity index (χ0v) is 14.7. The van der Waals surface area contributed by atoms with Crippen LogP contribution < -0.4 is 5.32 Å². The van der Waals surface area contributed by atoms with E-state index in [2.05, 4.69) is 12.2 Å². The summed E-state index contributed by atoms with van der Waals surface area (Å²) in [6.07, 6.45) is 21.3. The standard InChI is InChI=1S/C19H39NO/c1-3-4-5-6-7-8-9-10-11-12-13-14-15-16-17-18-19(21)20-2/h3-18H2,1-2H3,(H,20,21). The van der Waals surface area contributed by atoms with Crippen LogP contribution in [0.4, 0.5) is 0 Å². The number of carbonyl (C=O) groups excluding carboxylic acids is 1. The summed E-state index contributed by atoms with van der Waals surface area (Å²) in [5, 5.41) is 2.68. The van der Waals surface area contributed by atoms with Gasteiger partial charge in [0.2, 0.25) is 5.91 Å². The van der Waals surface area contributed by atoms with Gasteiger partial charge in [0.25, 0.3) is 0 Å². The molecule has 0 atom stereocenters. The fourth-order valence-corrected chi connectivity index (χ4v) is 2.78. The summed E-state index contributed by atoms with van der Waals surface area (Å²) in [4.78, 5) is 11.0. The van der Waals surface area contributed by atoms with E-state index in [1.54, 1.807) is 7.05 Å². The third-order valence-corrected chi connectivity index (χ3v) is 4.29. The monoisotopic (exact) mass is 297 g/mol. The van der Waals surface area contributed by atoms with Gasteiger partial charge in [0, 0.05) is 13.5 Å². The number of rotatable bonds is 16. The van der Waals surface area contributed by atoms with E-state index in [1.807, 2.05) is 0 Å². The molecule has 1 N–H and O–H groups in total. The van der Waals surface area contributed by atoms with E-state index in [1.165, 1.54) is 89.9 Å². The molecule has 0 radical (unpaired) electrons. The van der Waals surface area contributed by atoms with E-state index in [0.29, 0.717) is 6.42 Å². The van der Waals surface area contributed by atoms with Gasteiger partial charge >= 0.3 is 0 Å². The van der Waals surface area contributed by atoms with Gasteiger partial charge in [-0.25, -0.2) is 0 Å². The van der Waals surface area contributed by atoms with Crippen molar-refractivity contribution >= 4 is 5.91 Å². The Bertz CT molecular complexity index is 216. The molecule has 0 aromatic rings. The van der Waals surface area contributed by atoms with Crippen LogP contribution in [0.25, 0.3) is 0 Å². The summed E-state index contributed by atoms with van der Waals surface area (Å²) in [6.45, 7) is 2.28. The van der Waals surface area contributed by atoms with Crippen molar-refractivity contribution in [2.75, 3.05) is 7.05 Å². The molecule has 2 heteroatoms. The van der Waals surface area contributed by atoms with Crippen molar-refractivity contribution in [3.63, 3.8) is 0 Å². The lowest BCUT2D eigenvalue weighted by atomic mass is 10.0. The van der Waals surface area contributed by atoms with Crippen LogP contribution >= 0.6 is 0 Å². The Morgan fingerprint density at radius 3 is 1.29 bits per heavy atom. The molecule has 1 amide bonds. The van der Waals surface area contributed by atoms with Gasteiger partial charge in [-0.15, -0.1) is 0 Å². The SMILES string of the molecule is CCCCCCCCCCCCCCCCCC(=O)NC. The molecule has 0 saturated carbocycles. The predicted molar refractivity (Wildman–Crippen MR) is 93.6 cm³/mol. The van der Waals surface area contributed by atoms with E-state index >= 15 is 0 Å². The van der Waals surface area contributed by atoms with Crippen LogP contribution in [0.1, 0.15) is 110 Å². The maximum Gasteiger partial charge on any atom is 0.219 e. The number of unbranched alkanes of at least 4 members (excludes halogenated alkanes) is 14. The Morgan fingerprint density at radius 1 is 0.619 bits per heavy atom. The lowest BCUT2D eigenvalue weighted by Gasteiger charge is -2.03. The molecule has 0 saturated heterocycles. The zero-order chi connectivity index (χ0) is 15.6. The van der Waals surface area contributed by atoms with E-state index < -0.39 is 0 Å². The minimum absolute atomic E-state index is 0.185. The summed E-state index contributed by atoms with van der Waals surface area (Å²) >= 11 is 0. The van der Waals surface area contributed by atoms with Gasteiger partial charge in [-0.2, -0.15) is 0 Å². The molecule has 0 spiro atoms. The van der Waals surface area contributed by atoms with Crippen LogP contribution in [0.2, 0.25) is 0 Å². The molecule has 0 rings (SSSR count). The van der Waals surface area contributed by atoms with Gasteiger partial charge in [0.1, 0.15) is 0 Å². The Kier molecular flexibility index (Phi) is 17.1. The number of hydrogen-bond acceptors (Lipinski definition) is 1. The Morgan fingerprint density at radius 2 is 0.952 bits per heavy atom. The zero-order valence-electron chi connectivity index (χ0n) is 14.7. The molecule has 0 aliphatic rings. The van der Waals surface area contributed by atoms with Gasteiger partial charge in [-0.1, -0.05) is 96.8 Å². The third kappa shape index (κ3) is 17.4. The van der Waals surface area contributed by atoms with Crippen molar-refractivity contribution in [1.82, 2.24) is 5.32 Å². The van der Waals surface area contributed by atoms with Gasteiger partial charge in [0.05, 0.1) is 0 Å². The minimum Gasteiger partial charge on any atom is -0.359 e. The first-order valence-corrected chi connectivity index (χ1v) is 9.51. The number of carbonyl (C=O) groups is 1.